The fourth-order valence-corrected chi connectivity index (χ4v) is 3.69. The summed E-state index contributed by atoms with van der Waals surface area (Å²) in [7, 11) is -7.81. The number of hydrogen-bond donors (Lipinski definition) is 0. The van der Waals surface area contributed by atoms with Gasteiger partial charge in [-0.1, -0.05) is 13.0 Å². The van der Waals surface area contributed by atoms with E-state index < -0.39 is 31.6 Å². The topological polar surface area (TPSA) is 57.2 Å². The van der Waals surface area contributed by atoms with Crippen molar-refractivity contribution in [1.29, 1.82) is 0 Å². The van der Waals surface area contributed by atoms with Crippen LogP contribution in [-0.2, 0) is 22.0 Å². The number of hydrogen-bond acceptors (Lipinski definition) is 3. The van der Waals surface area contributed by atoms with Crippen LogP contribution in [0.2, 0.25) is 0 Å². The Labute approximate surface area is 136 Å². The first-order chi connectivity index (χ1) is 10.7. The fraction of sp³-hybridized carbons (Fsp3) is 0.385. The van der Waals surface area contributed by atoms with Crippen LogP contribution in [0.4, 0.5) is 26.3 Å². The van der Waals surface area contributed by atoms with Crippen LogP contribution in [0.5, 0.6) is 0 Å². The summed E-state index contributed by atoms with van der Waals surface area (Å²) >= 11 is 0. The lowest BCUT2D eigenvalue weighted by molar-refractivity contribution is -0.0867. The Balaban J connectivity index is 0.000000307. The molecule has 2 rings (SSSR count). The van der Waals surface area contributed by atoms with Crippen molar-refractivity contribution in [3.05, 3.63) is 34.7 Å². The molecule has 1 aromatic heterocycles. The highest BCUT2D eigenvalue weighted by atomic mass is 32.2. The highest BCUT2D eigenvalue weighted by molar-refractivity contribution is 7.86. The third-order valence-electron chi connectivity index (χ3n) is 2.90. The highest BCUT2D eigenvalue weighted by Crippen LogP contribution is 2.50. The van der Waals surface area contributed by atoms with Gasteiger partial charge in [0, 0.05) is 24.4 Å². The van der Waals surface area contributed by atoms with Gasteiger partial charge in [-0.25, -0.2) is 8.42 Å². The van der Waals surface area contributed by atoms with Crippen molar-refractivity contribution in [2.45, 2.75) is 31.3 Å². The van der Waals surface area contributed by atoms with Crippen LogP contribution in [0.3, 0.4) is 0 Å². The van der Waals surface area contributed by atoms with Crippen molar-refractivity contribution in [3.8, 4) is 0 Å². The molecule has 0 amide bonds. The smallest absolute Gasteiger partial charge is 0.600 e. The first kappa shape index (κ1) is 20.7. The molecule has 2 aromatic rings. The van der Waals surface area contributed by atoms with Crippen molar-refractivity contribution in [1.82, 2.24) is 0 Å². The van der Waals surface area contributed by atoms with Gasteiger partial charge < -0.3 is 4.55 Å². The van der Waals surface area contributed by atoms with Gasteiger partial charge in [-0.2, -0.15) is 13.2 Å². The molecule has 3 nitrogen and oxygen atoms in total. The second kappa shape index (κ2) is 6.89. The molecule has 0 bridgehead atoms. The summed E-state index contributed by atoms with van der Waals surface area (Å²) in [6.45, 7) is 3.50. The predicted molar refractivity (Wildman–Crippen MR) is 77.6 cm³/mol. The van der Waals surface area contributed by atoms with Gasteiger partial charge in [0.2, 0.25) is 0 Å². The normalized spacial score (nSPS) is 13.6. The van der Waals surface area contributed by atoms with Crippen LogP contribution in [0.15, 0.2) is 24.3 Å². The van der Waals surface area contributed by atoms with Crippen molar-refractivity contribution in [2.75, 3.05) is 0 Å². The van der Waals surface area contributed by atoms with E-state index in [4.69, 9.17) is 13.0 Å². The molecule has 0 aliphatic heterocycles. The zero-order valence-corrected chi connectivity index (χ0v) is 14.0. The second-order valence-electron chi connectivity index (χ2n) is 4.63. The van der Waals surface area contributed by atoms with Gasteiger partial charge in [-0.3, -0.25) is 0 Å². The number of benzene rings is 1. The SMILES string of the molecule is CCc1ccc2cc(C)[s+](C(F)(F)F)c2c1.O=S(=O)([O-])C(F)(F)F. The van der Waals surface area contributed by atoms with Crippen molar-refractivity contribution >= 4 is 30.7 Å². The summed E-state index contributed by atoms with van der Waals surface area (Å²) in [6, 6.07) is 7.02. The number of halogens is 6. The molecule has 1 aromatic carbocycles. The monoisotopic (exact) mass is 394 g/mol. The predicted octanol–water partition coefficient (Wildman–Crippen LogP) is 4.99. The molecule has 1 heterocycles. The first-order valence-corrected chi connectivity index (χ1v) is 8.96. The van der Waals surface area contributed by atoms with Crippen LogP contribution in [0.25, 0.3) is 10.1 Å². The highest BCUT2D eigenvalue weighted by Gasteiger charge is 2.46. The minimum atomic E-state index is -6.09. The summed E-state index contributed by atoms with van der Waals surface area (Å²) in [4.78, 5) is 0.413. The van der Waals surface area contributed by atoms with E-state index in [9.17, 15) is 26.3 Å². The standard InChI is InChI=1S/C12H12F3S.CHF3O3S/c1-3-9-4-5-10-6-8(2)16(11(10)7-9)12(13,14)15;2-1(3,4)8(5,6)7/h4-7H,3H2,1-2H3;(H,5,6,7)/q+1;/p-1. The Morgan fingerprint density at radius 2 is 1.58 bits per heavy atom. The molecule has 0 aliphatic carbocycles. The molecular weight excluding hydrogens is 382 g/mol. The number of aryl methyl sites for hydroxylation is 2. The van der Waals surface area contributed by atoms with E-state index in [2.05, 4.69) is 0 Å². The number of alkyl halides is 6. The maximum atomic E-state index is 12.9. The number of fused-ring (bicyclic) bond motifs is 1. The van der Waals surface area contributed by atoms with Gasteiger partial charge in [-0.15, -0.1) is 13.2 Å². The minimum absolute atomic E-state index is 0.413. The molecule has 0 fully saturated rings. The lowest BCUT2D eigenvalue weighted by Crippen LogP contribution is -2.21. The van der Waals surface area contributed by atoms with Gasteiger partial charge >= 0.3 is 11.0 Å². The van der Waals surface area contributed by atoms with Crippen molar-refractivity contribution in [2.24, 2.45) is 0 Å². The summed E-state index contributed by atoms with van der Waals surface area (Å²) in [5.74, 6) is 0. The second-order valence-corrected chi connectivity index (χ2v) is 8.16. The Bertz CT molecular complexity index is 819. The largest absolute Gasteiger partial charge is 0.741 e. The Morgan fingerprint density at radius 3 is 1.96 bits per heavy atom. The number of thiophene rings is 1. The average Bonchev–Trinajstić information content (AvgIpc) is 2.71. The van der Waals surface area contributed by atoms with E-state index in [0.717, 1.165) is 17.4 Å². The zero-order chi connectivity index (χ0) is 18.9. The van der Waals surface area contributed by atoms with Crippen LogP contribution in [0.1, 0.15) is 17.4 Å². The lowest BCUT2D eigenvalue weighted by atomic mass is 10.1. The average molecular weight is 394 g/mol. The minimum Gasteiger partial charge on any atom is -0.741 e. The third kappa shape index (κ3) is 4.84. The molecule has 0 aliphatic rings. The van der Waals surface area contributed by atoms with Gasteiger partial charge in [0.25, 0.3) is 0 Å². The van der Waals surface area contributed by atoms with Crippen LogP contribution < -0.4 is 0 Å². The molecular formula is C13H12F6O3S2. The summed E-state index contributed by atoms with van der Waals surface area (Å²) in [5, 5.41) is 0.718. The molecule has 24 heavy (non-hydrogen) atoms. The Kier molecular flexibility index (Phi) is 5.94. The number of rotatable bonds is 1. The quantitative estimate of drug-likeness (QED) is 0.296. The van der Waals surface area contributed by atoms with Crippen LogP contribution in [-0.4, -0.2) is 18.5 Å². The van der Waals surface area contributed by atoms with Crippen molar-refractivity contribution < 1.29 is 39.3 Å². The van der Waals surface area contributed by atoms with Gasteiger partial charge in [-0.05, 0) is 18.1 Å². The lowest BCUT2D eigenvalue weighted by Gasteiger charge is -2.08. The molecule has 0 saturated heterocycles. The van der Waals surface area contributed by atoms with E-state index in [1.807, 2.05) is 13.0 Å². The van der Waals surface area contributed by atoms with E-state index in [1.165, 1.54) is 0 Å². The maximum Gasteiger partial charge on any atom is 0.600 e. The summed E-state index contributed by atoms with van der Waals surface area (Å²) in [6.07, 6.45) is 0.765. The van der Waals surface area contributed by atoms with Crippen molar-refractivity contribution in [3.63, 3.8) is 0 Å². The molecule has 0 spiro atoms. The Hall–Kier alpha value is -1.33. The summed E-state index contributed by atoms with van der Waals surface area (Å²) in [5.41, 5.74) is -8.84. The molecule has 11 heteroatoms. The van der Waals surface area contributed by atoms with Gasteiger partial charge in [0.05, 0.1) is 10.5 Å². The molecule has 136 valence electrons. The molecule has 0 radical (unpaired) electrons. The molecule has 0 N–H and O–H groups in total. The molecule has 0 saturated carbocycles. The molecule has 1 unspecified atom stereocenters. The van der Waals surface area contributed by atoms with Gasteiger partial charge in [0.1, 0.15) is 0 Å². The molecule has 1 atom stereocenters. The van der Waals surface area contributed by atoms with Crippen LogP contribution >= 0.6 is 10.5 Å². The maximum absolute atomic E-state index is 12.9. The third-order valence-corrected chi connectivity index (χ3v) is 5.49. The van der Waals surface area contributed by atoms with Gasteiger partial charge in [0.15, 0.2) is 19.7 Å². The van der Waals surface area contributed by atoms with E-state index in [0.29, 0.717) is 9.58 Å². The fourth-order valence-electron chi connectivity index (χ4n) is 1.85. The zero-order valence-electron chi connectivity index (χ0n) is 12.3. The van der Waals surface area contributed by atoms with E-state index in [1.54, 1.807) is 25.1 Å². The van der Waals surface area contributed by atoms with E-state index in [-0.39, 0.29) is 0 Å². The summed E-state index contributed by atoms with van der Waals surface area (Å²) < 4.78 is 98.0. The van der Waals surface area contributed by atoms with E-state index >= 15 is 0 Å². The first-order valence-electron chi connectivity index (χ1n) is 6.33. The Morgan fingerprint density at radius 1 is 1.08 bits per heavy atom. The van der Waals surface area contributed by atoms with Crippen LogP contribution in [0, 0.1) is 6.92 Å².